The third kappa shape index (κ3) is 3.42. The molecule has 0 aromatic carbocycles. The normalized spacial score (nSPS) is 16.4. The minimum Gasteiger partial charge on any atom is -0.368 e. The van der Waals surface area contributed by atoms with Gasteiger partial charge in [-0.25, -0.2) is 0 Å². The van der Waals surface area contributed by atoms with Crippen LogP contribution in [0.4, 0.5) is 5.82 Å². The van der Waals surface area contributed by atoms with Crippen LogP contribution in [0.15, 0.2) is 12.1 Å². The van der Waals surface area contributed by atoms with Gasteiger partial charge in [-0.3, -0.25) is 0 Å². The van der Waals surface area contributed by atoms with E-state index in [0.29, 0.717) is 18.9 Å². The number of nitrogens with one attached hydrogen (secondary N) is 1. The van der Waals surface area contributed by atoms with E-state index in [1.54, 1.807) is 0 Å². The van der Waals surface area contributed by atoms with Crippen molar-refractivity contribution in [2.75, 3.05) is 11.9 Å². The van der Waals surface area contributed by atoms with Crippen LogP contribution >= 0.6 is 0 Å². The zero-order valence-corrected chi connectivity index (χ0v) is 10.0. The Balaban J connectivity index is 1.90. The first kappa shape index (κ1) is 11.8. The molecule has 4 nitrogen and oxygen atoms in total. The maximum absolute atomic E-state index is 8.43. The Morgan fingerprint density at radius 1 is 1.24 bits per heavy atom. The van der Waals surface area contributed by atoms with Crippen molar-refractivity contribution in [3.63, 3.8) is 0 Å². The lowest BCUT2D eigenvalue weighted by atomic mass is 9.87. The maximum atomic E-state index is 8.43. The average Bonchev–Trinajstić information content (AvgIpc) is 2.41. The molecule has 1 aromatic rings. The Morgan fingerprint density at radius 2 is 2.06 bits per heavy atom. The fraction of sp³-hybridized carbons (Fsp3) is 0.615. The van der Waals surface area contributed by atoms with Crippen molar-refractivity contribution in [1.82, 2.24) is 10.2 Å². The number of aromatic nitrogens is 2. The molecule has 0 aliphatic heterocycles. The highest BCUT2D eigenvalue weighted by Gasteiger charge is 2.16. The summed E-state index contributed by atoms with van der Waals surface area (Å²) in [6.07, 6.45) is 6.97. The van der Waals surface area contributed by atoms with E-state index in [4.69, 9.17) is 5.26 Å². The zero-order chi connectivity index (χ0) is 11.9. The molecular formula is C13H18N4. The van der Waals surface area contributed by atoms with Crippen LogP contribution in [0.1, 0.15) is 50.1 Å². The van der Waals surface area contributed by atoms with Crippen LogP contribution in [0.25, 0.3) is 0 Å². The molecule has 0 radical (unpaired) electrons. The number of hydrogen-bond donors (Lipinski definition) is 1. The quantitative estimate of drug-likeness (QED) is 0.808. The summed E-state index contributed by atoms with van der Waals surface area (Å²) in [6, 6.07) is 6.12. The fourth-order valence-corrected chi connectivity index (χ4v) is 2.30. The molecule has 0 amide bonds. The summed E-state index contributed by atoms with van der Waals surface area (Å²) in [6.45, 7) is 0.633. The lowest BCUT2D eigenvalue weighted by Crippen LogP contribution is -2.09. The number of nitriles is 1. The van der Waals surface area contributed by atoms with Crippen LogP contribution in [0.2, 0.25) is 0 Å². The van der Waals surface area contributed by atoms with Crippen molar-refractivity contribution in [1.29, 1.82) is 5.26 Å². The summed E-state index contributed by atoms with van der Waals surface area (Å²) < 4.78 is 0. The molecule has 1 saturated carbocycles. The largest absolute Gasteiger partial charge is 0.368 e. The molecule has 17 heavy (non-hydrogen) atoms. The molecule has 0 bridgehead atoms. The smallest absolute Gasteiger partial charge is 0.148 e. The van der Waals surface area contributed by atoms with Gasteiger partial charge in [-0.05, 0) is 25.0 Å². The lowest BCUT2D eigenvalue weighted by molar-refractivity contribution is 0.434. The highest BCUT2D eigenvalue weighted by atomic mass is 15.2. The third-order valence-corrected chi connectivity index (χ3v) is 3.25. The van der Waals surface area contributed by atoms with Crippen LogP contribution in [-0.2, 0) is 0 Å². The van der Waals surface area contributed by atoms with Gasteiger partial charge in [0.15, 0.2) is 0 Å². The summed E-state index contributed by atoms with van der Waals surface area (Å²) in [5.41, 5.74) is 1.12. The summed E-state index contributed by atoms with van der Waals surface area (Å²) in [4.78, 5) is 0. The predicted octanol–water partition coefficient (Wildman–Crippen LogP) is 2.85. The van der Waals surface area contributed by atoms with Gasteiger partial charge in [-0.2, -0.15) is 10.4 Å². The SMILES string of the molecule is N#CCCNc1ccc(C2CCCCC2)nn1. The zero-order valence-electron chi connectivity index (χ0n) is 10.0. The van der Waals surface area contributed by atoms with E-state index < -0.39 is 0 Å². The van der Waals surface area contributed by atoms with Crippen LogP contribution in [0, 0.1) is 11.3 Å². The molecule has 4 heteroatoms. The van der Waals surface area contributed by atoms with Crippen molar-refractivity contribution >= 4 is 5.82 Å². The van der Waals surface area contributed by atoms with Gasteiger partial charge in [0.25, 0.3) is 0 Å². The Morgan fingerprint density at radius 3 is 2.71 bits per heavy atom. The van der Waals surface area contributed by atoms with Gasteiger partial charge in [0.05, 0.1) is 18.2 Å². The minimum absolute atomic E-state index is 0.492. The van der Waals surface area contributed by atoms with Crippen LogP contribution in [0.5, 0.6) is 0 Å². The second-order valence-corrected chi connectivity index (χ2v) is 4.51. The molecule has 1 fully saturated rings. The van der Waals surface area contributed by atoms with E-state index in [0.717, 1.165) is 11.5 Å². The second-order valence-electron chi connectivity index (χ2n) is 4.51. The monoisotopic (exact) mass is 230 g/mol. The average molecular weight is 230 g/mol. The summed E-state index contributed by atoms with van der Waals surface area (Å²) >= 11 is 0. The Labute approximate surface area is 102 Å². The molecule has 0 atom stereocenters. The van der Waals surface area contributed by atoms with Gasteiger partial charge in [-0.15, -0.1) is 5.10 Å². The Bertz CT molecular complexity index is 373. The molecule has 1 N–H and O–H groups in total. The van der Waals surface area contributed by atoms with E-state index in [1.165, 1.54) is 32.1 Å². The van der Waals surface area contributed by atoms with E-state index in [2.05, 4.69) is 27.6 Å². The molecule has 0 saturated heterocycles. The fourth-order valence-electron chi connectivity index (χ4n) is 2.30. The first-order valence-electron chi connectivity index (χ1n) is 6.34. The van der Waals surface area contributed by atoms with Crippen molar-refractivity contribution in [2.45, 2.75) is 44.4 Å². The summed E-state index contributed by atoms with van der Waals surface area (Å²) in [7, 11) is 0. The topological polar surface area (TPSA) is 61.6 Å². The molecular weight excluding hydrogens is 212 g/mol. The number of hydrogen-bond acceptors (Lipinski definition) is 4. The molecule has 0 unspecified atom stereocenters. The second kappa shape index (κ2) is 6.19. The first-order chi connectivity index (χ1) is 8.40. The Kier molecular flexibility index (Phi) is 4.31. The molecule has 1 aliphatic rings. The van der Waals surface area contributed by atoms with Crippen LogP contribution in [0.3, 0.4) is 0 Å². The van der Waals surface area contributed by atoms with Gasteiger partial charge in [0.1, 0.15) is 5.82 Å². The van der Waals surface area contributed by atoms with E-state index >= 15 is 0 Å². The lowest BCUT2D eigenvalue weighted by Gasteiger charge is -2.20. The molecule has 1 heterocycles. The van der Waals surface area contributed by atoms with Crippen LogP contribution in [-0.4, -0.2) is 16.7 Å². The number of anilines is 1. The third-order valence-electron chi connectivity index (χ3n) is 3.25. The maximum Gasteiger partial charge on any atom is 0.148 e. The van der Waals surface area contributed by atoms with Crippen molar-refractivity contribution in [2.24, 2.45) is 0 Å². The van der Waals surface area contributed by atoms with Crippen LogP contribution < -0.4 is 5.32 Å². The van der Waals surface area contributed by atoms with Crippen molar-refractivity contribution < 1.29 is 0 Å². The Hall–Kier alpha value is -1.63. The van der Waals surface area contributed by atoms with Gasteiger partial charge >= 0.3 is 0 Å². The molecule has 90 valence electrons. The van der Waals surface area contributed by atoms with Crippen molar-refractivity contribution in [3.05, 3.63) is 17.8 Å². The molecule has 1 aliphatic carbocycles. The predicted molar refractivity (Wildman–Crippen MR) is 66.6 cm³/mol. The van der Waals surface area contributed by atoms with Gasteiger partial charge in [0.2, 0.25) is 0 Å². The highest BCUT2D eigenvalue weighted by molar-refractivity contribution is 5.33. The molecule has 1 aromatic heterocycles. The van der Waals surface area contributed by atoms with E-state index in [1.807, 2.05) is 6.07 Å². The summed E-state index contributed by atoms with van der Waals surface area (Å²) in [5, 5.41) is 20.0. The summed E-state index contributed by atoms with van der Waals surface area (Å²) in [5.74, 6) is 1.37. The standard InChI is InChI=1S/C13H18N4/c14-9-4-10-15-13-8-7-12(16-17-13)11-5-2-1-3-6-11/h7-8,11H,1-6,10H2,(H,15,17). The van der Waals surface area contributed by atoms with Gasteiger partial charge < -0.3 is 5.32 Å². The molecule has 2 rings (SSSR count). The van der Waals surface area contributed by atoms with Crippen molar-refractivity contribution in [3.8, 4) is 6.07 Å². The number of nitrogens with zero attached hydrogens (tertiary/aromatic N) is 3. The van der Waals surface area contributed by atoms with E-state index in [-0.39, 0.29) is 0 Å². The first-order valence-corrected chi connectivity index (χ1v) is 6.34. The minimum atomic E-state index is 0.492. The number of rotatable bonds is 4. The van der Waals surface area contributed by atoms with Gasteiger partial charge in [0, 0.05) is 12.5 Å². The molecule has 0 spiro atoms. The van der Waals surface area contributed by atoms with E-state index in [9.17, 15) is 0 Å². The van der Waals surface area contributed by atoms with Gasteiger partial charge in [-0.1, -0.05) is 19.3 Å². The highest BCUT2D eigenvalue weighted by Crippen LogP contribution is 2.31.